The molecule has 10 atom stereocenters. The normalized spacial score (nSPS) is 21.7. The van der Waals surface area contributed by atoms with Crippen molar-refractivity contribution in [2.45, 2.75) is 181 Å². The highest BCUT2D eigenvalue weighted by Gasteiger charge is 2.59. The summed E-state index contributed by atoms with van der Waals surface area (Å²) < 4.78 is 22.6. The molecule has 4 aliphatic rings. The highest BCUT2D eigenvalue weighted by atomic mass is 16.7. The average molecular weight is 1360 g/mol. The first-order valence-corrected chi connectivity index (χ1v) is 36.6. The maximum atomic E-state index is 14.7. The first-order chi connectivity index (χ1) is 48.3. The van der Waals surface area contributed by atoms with Crippen LogP contribution in [-0.2, 0) is 47.2 Å². The number of allylic oxidation sites excluding steroid dienone is 1. The van der Waals surface area contributed by atoms with E-state index in [4.69, 9.17) is 18.9 Å². The van der Waals surface area contributed by atoms with E-state index in [2.05, 4.69) is 104 Å². The van der Waals surface area contributed by atoms with Gasteiger partial charge in [-0.1, -0.05) is 181 Å². The number of ether oxygens (including phenoxy) is 4. The molecule has 3 saturated carbocycles. The summed E-state index contributed by atoms with van der Waals surface area (Å²) in [5.41, 5.74) is 6.22. The van der Waals surface area contributed by atoms with E-state index in [1.807, 2.05) is 78.9 Å². The molecule has 17 heteroatoms. The lowest BCUT2D eigenvalue weighted by Crippen LogP contribution is -2.53. The molecule has 0 bridgehead atoms. The number of fused-ring (bicyclic) bond motifs is 5. The molecule has 532 valence electrons. The number of nitrogens with zero attached hydrogens (tertiary/aromatic N) is 1. The minimum atomic E-state index is -1.10. The average Bonchev–Trinajstić information content (AvgIpc) is 1.40. The molecule has 4 aliphatic carbocycles. The number of unbranched alkanes of at least 4 members (excludes halogenated alkanes) is 1. The van der Waals surface area contributed by atoms with E-state index < -0.39 is 46.4 Å². The Bertz CT molecular complexity index is 3650. The van der Waals surface area contributed by atoms with Crippen LogP contribution in [0.25, 0.3) is 0 Å². The highest BCUT2D eigenvalue weighted by Crippen LogP contribution is 2.67. The van der Waals surface area contributed by atoms with E-state index in [9.17, 15) is 34.1 Å². The molecule has 0 aromatic heterocycles. The number of amides is 4. The molecule has 17 nitrogen and oxygen atoms in total. The minimum absolute atomic E-state index is 0.0737. The molecule has 1 unspecified atom stereocenters. The smallest absolute Gasteiger partial charge is 0.497 e. The van der Waals surface area contributed by atoms with Crippen molar-refractivity contribution in [3.8, 4) is 11.5 Å². The lowest BCUT2D eigenvalue weighted by atomic mass is 9.47. The number of rotatable bonds is 34. The van der Waals surface area contributed by atoms with Crippen LogP contribution in [0.4, 0.5) is 16.2 Å². The van der Waals surface area contributed by atoms with Crippen LogP contribution in [0.15, 0.2) is 175 Å². The van der Waals surface area contributed by atoms with Crippen LogP contribution in [0.5, 0.6) is 11.5 Å². The standard InChI is InChI=1S/C83H104N6O11/c1-57(2)20-18-21-58(3)71-43-44-72-70-42-33-64-55-69(47-49-81(64,4)73(70)48-50-82(71,72)5)98-53-19-51-84-76(90)45-46-77(91)87-75(54-59-22-10-7-11-23-59)79(93)88-74(78(92)86-65-34-29-60(30-35-65)56-99-80(94)100-68-40-36-66(37-41-68)89(95)96)28-16-17-52-85-83(61-24-12-8-13-25-61,62-26-14-9-15-27-62)63-31-38-67(97-6)39-32-63/h7-15,22-27,29-41,57-58,69-75,85H,16-21,28,42-56H2,1-6H3,(H,84,90)(H,86,92)(H,87,91)(H,88,93)/t58-,69?,70+,71-,72+,73+,74+,75+,81+,82-/m1/s1. The molecular weight excluding hydrogens is 1260 g/mol. The third kappa shape index (κ3) is 18.8. The molecule has 5 N–H and O–H groups in total. The van der Waals surface area contributed by atoms with E-state index in [0.29, 0.717) is 55.6 Å². The summed E-state index contributed by atoms with van der Waals surface area (Å²) in [6.45, 7) is 13.8. The van der Waals surface area contributed by atoms with Gasteiger partial charge in [0.05, 0.1) is 23.7 Å². The number of carbonyl (C=O) groups is 5. The van der Waals surface area contributed by atoms with Gasteiger partial charge in [-0.25, -0.2) is 4.79 Å². The molecule has 0 radical (unpaired) electrons. The van der Waals surface area contributed by atoms with E-state index in [-0.39, 0.29) is 61.2 Å². The highest BCUT2D eigenvalue weighted by molar-refractivity contribution is 5.98. The summed E-state index contributed by atoms with van der Waals surface area (Å²) in [5.74, 6) is 3.81. The zero-order chi connectivity index (χ0) is 70.7. The molecule has 0 saturated heterocycles. The summed E-state index contributed by atoms with van der Waals surface area (Å²) in [5, 5.41) is 26.8. The third-order valence-corrected chi connectivity index (χ3v) is 22.5. The largest absolute Gasteiger partial charge is 0.514 e. The van der Waals surface area contributed by atoms with Crippen molar-refractivity contribution in [1.82, 2.24) is 21.3 Å². The Kier molecular flexibility index (Phi) is 26.0. The fourth-order valence-electron chi connectivity index (χ4n) is 17.1. The number of non-ortho nitro benzene ring substituents is 1. The topological polar surface area (TPSA) is 226 Å². The van der Waals surface area contributed by atoms with E-state index in [0.717, 1.165) is 76.4 Å². The molecule has 100 heavy (non-hydrogen) atoms. The van der Waals surface area contributed by atoms with E-state index >= 15 is 0 Å². The Morgan fingerprint density at radius 1 is 0.630 bits per heavy atom. The van der Waals surface area contributed by atoms with Crippen LogP contribution in [0.1, 0.15) is 172 Å². The van der Waals surface area contributed by atoms with E-state index in [1.54, 1.807) is 36.9 Å². The number of nitro groups is 1. The van der Waals surface area contributed by atoms with Gasteiger partial charge in [0.2, 0.25) is 23.6 Å². The summed E-state index contributed by atoms with van der Waals surface area (Å²) in [6.07, 6.45) is 17.6. The zero-order valence-corrected chi connectivity index (χ0v) is 59.4. The Morgan fingerprint density at radius 3 is 1.96 bits per heavy atom. The predicted molar refractivity (Wildman–Crippen MR) is 390 cm³/mol. The van der Waals surface area contributed by atoms with Gasteiger partial charge < -0.3 is 40.2 Å². The molecule has 0 spiro atoms. The number of hydrogen-bond acceptors (Lipinski definition) is 12. The monoisotopic (exact) mass is 1360 g/mol. The molecule has 0 heterocycles. The van der Waals surface area contributed by atoms with E-state index in [1.165, 1.54) is 82.1 Å². The maximum absolute atomic E-state index is 14.7. The molecule has 4 amide bonds. The van der Waals surface area contributed by atoms with Crippen molar-refractivity contribution in [2.24, 2.45) is 46.3 Å². The van der Waals surface area contributed by atoms with Crippen LogP contribution in [-0.4, -0.2) is 79.7 Å². The van der Waals surface area contributed by atoms with Crippen molar-refractivity contribution >= 4 is 41.2 Å². The van der Waals surface area contributed by atoms with Crippen molar-refractivity contribution in [3.63, 3.8) is 0 Å². The fourth-order valence-corrected chi connectivity index (χ4v) is 17.1. The van der Waals surface area contributed by atoms with Gasteiger partial charge in [-0.3, -0.25) is 34.6 Å². The summed E-state index contributed by atoms with van der Waals surface area (Å²) in [4.78, 5) is 79.5. The van der Waals surface area contributed by atoms with Gasteiger partial charge in [0, 0.05) is 50.2 Å². The Labute approximate surface area is 591 Å². The lowest BCUT2D eigenvalue weighted by molar-refractivity contribution is -0.384. The lowest BCUT2D eigenvalue weighted by Gasteiger charge is -2.58. The Hall–Kier alpha value is -8.67. The van der Waals surface area contributed by atoms with Crippen LogP contribution < -0.4 is 36.1 Å². The second-order valence-electron chi connectivity index (χ2n) is 29.3. The number of benzene rings is 6. The third-order valence-electron chi connectivity index (χ3n) is 22.5. The van der Waals surface area contributed by atoms with Gasteiger partial charge in [-0.15, -0.1) is 0 Å². The Morgan fingerprint density at radius 2 is 1.29 bits per heavy atom. The molecule has 3 fully saturated rings. The summed E-state index contributed by atoms with van der Waals surface area (Å²) in [6, 6.07) is 47.3. The molecular formula is C83H104N6O11. The second-order valence-corrected chi connectivity index (χ2v) is 29.3. The summed E-state index contributed by atoms with van der Waals surface area (Å²) in [7, 11) is 1.64. The number of nitrogens with one attached hydrogen (secondary N) is 5. The van der Waals surface area contributed by atoms with Gasteiger partial charge in [0.1, 0.15) is 30.2 Å². The molecule has 6 aromatic rings. The van der Waals surface area contributed by atoms with Gasteiger partial charge in [-0.05, 0) is 194 Å². The predicted octanol–water partition coefficient (Wildman–Crippen LogP) is 15.9. The quantitative estimate of drug-likeness (QED) is 0.00484. The number of methoxy groups -OCH3 is 1. The number of hydrogen-bond donors (Lipinski definition) is 5. The van der Waals surface area contributed by atoms with Crippen LogP contribution >= 0.6 is 0 Å². The van der Waals surface area contributed by atoms with Crippen LogP contribution in [0.2, 0.25) is 0 Å². The second kappa shape index (κ2) is 35.1. The van der Waals surface area contributed by atoms with Gasteiger partial charge >= 0.3 is 6.16 Å². The number of carbonyl (C=O) groups excluding carboxylic acids is 5. The SMILES string of the molecule is COc1ccc(C(NCCCC[C@H](NC(=O)[C@H](Cc2ccccc2)NC(=O)CCC(=O)NCCCOC2CC[C@@]3(C)C(=CC[C@H]4[C@@H]5CC[C@H]([C@H](C)CCCC(C)C)[C@@]5(C)CC[C@@H]43)C2)C(=O)Nc2ccc(COC(=O)Oc3ccc([N+](=O)[O-])cc3)cc2)(c2ccccc2)c2ccccc2)cc1. The minimum Gasteiger partial charge on any atom is -0.497 e. The van der Waals surface area contributed by atoms with Gasteiger partial charge in [-0.2, -0.15) is 0 Å². The molecule has 10 rings (SSSR count). The first-order valence-electron chi connectivity index (χ1n) is 36.6. The van der Waals surface area contributed by atoms with Crippen molar-refractivity contribution in [2.75, 3.05) is 32.1 Å². The number of nitro benzene ring substituents is 1. The summed E-state index contributed by atoms with van der Waals surface area (Å²) >= 11 is 0. The Balaban J connectivity index is 0.735. The van der Waals surface area contributed by atoms with Crippen LogP contribution in [0, 0.1) is 56.5 Å². The molecule has 6 aromatic carbocycles. The van der Waals surface area contributed by atoms with Gasteiger partial charge in [0.15, 0.2) is 0 Å². The first kappa shape index (κ1) is 74.0. The van der Waals surface area contributed by atoms with Gasteiger partial charge in [0.25, 0.3) is 5.69 Å². The maximum Gasteiger partial charge on any atom is 0.514 e. The fraction of sp³-hybridized carbons (Fsp3) is 0.482. The molecule has 0 aliphatic heterocycles. The number of anilines is 1. The van der Waals surface area contributed by atoms with Crippen molar-refractivity contribution < 1.29 is 47.8 Å². The zero-order valence-electron chi connectivity index (χ0n) is 59.4. The van der Waals surface area contributed by atoms with Crippen LogP contribution in [0.3, 0.4) is 0 Å². The van der Waals surface area contributed by atoms with Crippen molar-refractivity contribution in [3.05, 3.63) is 213 Å². The van der Waals surface area contributed by atoms with Crippen molar-refractivity contribution in [1.29, 1.82) is 0 Å².